The Bertz CT molecular complexity index is 892. The molecule has 28 heavy (non-hydrogen) atoms. The molecule has 2 atom stereocenters. The summed E-state index contributed by atoms with van der Waals surface area (Å²) >= 11 is 0. The average Bonchev–Trinajstić information content (AvgIpc) is 3.26. The van der Waals surface area contributed by atoms with E-state index in [0.29, 0.717) is 19.3 Å². The van der Waals surface area contributed by atoms with Crippen molar-refractivity contribution in [1.82, 2.24) is 9.55 Å². The van der Waals surface area contributed by atoms with Gasteiger partial charge >= 0.3 is 5.97 Å². The van der Waals surface area contributed by atoms with Crippen LogP contribution >= 0.6 is 0 Å². The van der Waals surface area contributed by atoms with Crippen LogP contribution in [0.5, 0.6) is 0 Å². The number of benzene rings is 1. The van der Waals surface area contributed by atoms with Gasteiger partial charge in [-0.25, -0.2) is 4.98 Å². The number of aliphatic carboxylic acids is 1. The van der Waals surface area contributed by atoms with Crippen LogP contribution in [0.3, 0.4) is 0 Å². The van der Waals surface area contributed by atoms with Crippen molar-refractivity contribution in [1.29, 1.82) is 0 Å². The standard InChI is InChI=1S/C23H28N2O3/c1-15-19-13-24-14-25(19)18(21(15)17-6-4-3-5-7-17)12-20(26)16-8-10-23(2,11-9-16)22(27)28/h3-7,13-14,16,18,20,26H,8-12H2,1-2H3,(H,27,28)/t16?,18?,20-,23?/m0/s1. The molecular weight excluding hydrogens is 352 g/mol. The Kier molecular flexibility index (Phi) is 4.88. The number of carboxylic acid groups (broad SMARTS) is 1. The van der Waals surface area contributed by atoms with Crippen molar-refractivity contribution in [2.45, 2.75) is 58.1 Å². The highest BCUT2D eigenvalue weighted by atomic mass is 16.4. The molecule has 0 radical (unpaired) electrons. The van der Waals surface area contributed by atoms with E-state index < -0.39 is 17.5 Å². The lowest BCUT2D eigenvalue weighted by molar-refractivity contribution is -0.151. The third-order valence-electron chi connectivity index (χ3n) is 6.87. The van der Waals surface area contributed by atoms with Gasteiger partial charge in [0.2, 0.25) is 0 Å². The molecule has 2 N–H and O–H groups in total. The quantitative estimate of drug-likeness (QED) is 0.806. The summed E-state index contributed by atoms with van der Waals surface area (Å²) in [7, 11) is 0. The molecule has 0 saturated heterocycles. The summed E-state index contributed by atoms with van der Waals surface area (Å²) in [5.74, 6) is -0.568. The van der Waals surface area contributed by atoms with Gasteiger partial charge in [0, 0.05) is 0 Å². The van der Waals surface area contributed by atoms with E-state index in [1.165, 1.54) is 16.7 Å². The minimum absolute atomic E-state index is 0.0580. The number of aliphatic hydroxyl groups is 1. The molecule has 4 rings (SSSR count). The number of carbonyl (C=O) groups is 1. The van der Waals surface area contributed by atoms with Crippen molar-refractivity contribution in [3.8, 4) is 0 Å². The van der Waals surface area contributed by atoms with Gasteiger partial charge in [-0.05, 0) is 68.6 Å². The maximum atomic E-state index is 11.5. The normalized spacial score (nSPS) is 28.2. The van der Waals surface area contributed by atoms with Crippen molar-refractivity contribution in [3.05, 3.63) is 54.1 Å². The number of aliphatic hydroxyl groups excluding tert-OH is 1. The van der Waals surface area contributed by atoms with Gasteiger partial charge in [0.1, 0.15) is 0 Å². The molecule has 5 nitrogen and oxygen atoms in total. The first-order chi connectivity index (χ1) is 13.4. The first-order valence-corrected chi connectivity index (χ1v) is 10.1. The van der Waals surface area contributed by atoms with E-state index in [1.807, 2.05) is 37.6 Å². The van der Waals surface area contributed by atoms with Crippen LogP contribution in [0.15, 0.2) is 42.9 Å². The first kappa shape index (κ1) is 18.9. The van der Waals surface area contributed by atoms with Crippen LogP contribution in [0.2, 0.25) is 0 Å². The Balaban J connectivity index is 1.54. The predicted octanol–water partition coefficient (Wildman–Crippen LogP) is 4.40. The minimum Gasteiger partial charge on any atom is -0.481 e. The number of fused-ring (bicyclic) bond motifs is 1. The highest BCUT2D eigenvalue weighted by molar-refractivity contribution is 5.93. The van der Waals surface area contributed by atoms with Crippen molar-refractivity contribution in [3.63, 3.8) is 0 Å². The van der Waals surface area contributed by atoms with Gasteiger partial charge < -0.3 is 14.8 Å². The van der Waals surface area contributed by atoms with Gasteiger partial charge in [-0.1, -0.05) is 30.3 Å². The van der Waals surface area contributed by atoms with Crippen molar-refractivity contribution in [2.24, 2.45) is 11.3 Å². The van der Waals surface area contributed by atoms with Crippen LogP contribution in [-0.2, 0) is 4.79 Å². The van der Waals surface area contributed by atoms with Crippen LogP contribution in [0, 0.1) is 11.3 Å². The van der Waals surface area contributed by atoms with Crippen LogP contribution < -0.4 is 0 Å². The summed E-state index contributed by atoms with van der Waals surface area (Å²) in [5.41, 5.74) is 4.11. The first-order valence-electron chi connectivity index (χ1n) is 10.1. The summed E-state index contributed by atoms with van der Waals surface area (Å²) in [5, 5.41) is 20.5. The summed E-state index contributed by atoms with van der Waals surface area (Å²) in [6.07, 6.45) is 6.70. The van der Waals surface area contributed by atoms with Crippen molar-refractivity contribution < 1.29 is 15.0 Å². The van der Waals surface area contributed by atoms with Gasteiger partial charge in [-0.2, -0.15) is 0 Å². The second-order valence-corrected chi connectivity index (χ2v) is 8.61. The molecule has 1 aliphatic heterocycles. The zero-order valence-electron chi connectivity index (χ0n) is 16.5. The number of hydrogen-bond acceptors (Lipinski definition) is 3. The Morgan fingerprint density at radius 2 is 1.96 bits per heavy atom. The number of aromatic nitrogens is 2. The molecule has 1 aromatic carbocycles. The molecule has 1 aromatic heterocycles. The van der Waals surface area contributed by atoms with Crippen molar-refractivity contribution in [2.75, 3.05) is 0 Å². The zero-order chi connectivity index (χ0) is 19.9. The number of nitrogens with zero attached hydrogens (tertiary/aromatic N) is 2. The third-order valence-corrected chi connectivity index (χ3v) is 6.87. The molecule has 1 fully saturated rings. The molecule has 2 aliphatic rings. The maximum Gasteiger partial charge on any atom is 0.309 e. The monoisotopic (exact) mass is 380 g/mol. The van der Waals surface area contributed by atoms with E-state index in [-0.39, 0.29) is 12.0 Å². The number of rotatable bonds is 5. The van der Waals surface area contributed by atoms with E-state index in [9.17, 15) is 15.0 Å². The average molecular weight is 380 g/mol. The van der Waals surface area contributed by atoms with E-state index in [4.69, 9.17) is 0 Å². The van der Waals surface area contributed by atoms with Gasteiger partial charge in [0.15, 0.2) is 0 Å². The smallest absolute Gasteiger partial charge is 0.309 e. The number of carboxylic acids is 1. The molecule has 2 heterocycles. The minimum atomic E-state index is -0.718. The molecule has 1 aliphatic carbocycles. The molecule has 5 heteroatoms. The van der Waals surface area contributed by atoms with E-state index in [1.54, 1.807) is 0 Å². The topological polar surface area (TPSA) is 75.3 Å². The number of hydrogen-bond donors (Lipinski definition) is 2. The fourth-order valence-electron chi connectivity index (χ4n) is 4.93. The number of allylic oxidation sites excluding steroid dienone is 2. The summed E-state index contributed by atoms with van der Waals surface area (Å²) in [6.45, 7) is 3.95. The lowest BCUT2D eigenvalue weighted by Gasteiger charge is -2.36. The Hall–Kier alpha value is -2.40. The summed E-state index contributed by atoms with van der Waals surface area (Å²) in [6, 6.07) is 10.4. The molecule has 0 amide bonds. The lowest BCUT2D eigenvalue weighted by Crippen LogP contribution is -2.36. The van der Waals surface area contributed by atoms with E-state index in [2.05, 4.69) is 28.6 Å². The number of imidazole rings is 1. The maximum absolute atomic E-state index is 11.5. The molecule has 0 bridgehead atoms. The van der Waals surface area contributed by atoms with Crippen LogP contribution in [0.1, 0.15) is 63.3 Å². The second kappa shape index (κ2) is 7.21. The molecule has 2 aromatic rings. The molecule has 1 unspecified atom stereocenters. The molecule has 148 valence electrons. The highest BCUT2D eigenvalue weighted by Crippen LogP contribution is 2.46. The lowest BCUT2D eigenvalue weighted by atomic mass is 9.69. The van der Waals surface area contributed by atoms with Crippen LogP contribution in [0.4, 0.5) is 0 Å². The molecule has 0 spiro atoms. The van der Waals surface area contributed by atoms with Gasteiger partial charge in [-0.15, -0.1) is 0 Å². The van der Waals surface area contributed by atoms with Crippen LogP contribution in [-0.4, -0.2) is 31.8 Å². The van der Waals surface area contributed by atoms with Gasteiger partial charge in [-0.3, -0.25) is 4.79 Å². The molecule has 1 saturated carbocycles. The second-order valence-electron chi connectivity index (χ2n) is 8.61. The zero-order valence-corrected chi connectivity index (χ0v) is 16.5. The Labute approximate surface area is 165 Å². The molecular formula is C23H28N2O3. The largest absolute Gasteiger partial charge is 0.481 e. The van der Waals surface area contributed by atoms with Gasteiger partial charge in [0.25, 0.3) is 0 Å². The van der Waals surface area contributed by atoms with E-state index in [0.717, 1.165) is 18.5 Å². The van der Waals surface area contributed by atoms with Gasteiger partial charge in [0.05, 0.1) is 35.8 Å². The third kappa shape index (κ3) is 3.18. The van der Waals surface area contributed by atoms with Crippen LogP contribution in [0.25, 0.3) is 11.1 Å². The summed E-state index contributed by atoms with van der Waals surface area (Å²) < 4.78 is 2.17. The SMILES string of the molecule is CC1=C(c2ccccc2)C(C[C@H](O)C2CCC(C)(C(=O)O)CC2)n2cncc21. The Morgan fingerprint density at radius 1 is 1.29 bits per heavy atom. The highest BCUT2D eigenvalue weighted by Gasteiger charge is 2.40. The summed E-state index contributed by atoms with van der Waals surface area (Å²) in [4.78, 5) is 15.8. The predicted molar refractivity (Wildman–Crippen MR) is 109 cm³/mol. The van der Waals surface area contributed by atoms with E-state index >= 15 is 0 Å². The fourth-order valence-corrected chi connectivity index (χ4v) is 4.93. The van der Waals surface area contributed by atoms with Crippen molar-refractivity contribution >= 4 is 17.1 Å². The Morgan fingerprint density at radius 3 is 2.61 bits per heavy atom. The fraction of sp³-hybridized carbons (Fsp3) is 0.478.